The van der Waals surface area contributed by atoms with E-state index in [1.54, 1.807) is 28.6 Å². The molecule has 3 rings (SSSR count). The van der Waals surface area contributed by atoms with Crippen LogP contribution < -0.4 is 0 Å². The molecule has 0 bridgehead atoms. The van der Waals surface area contributed by atoms with Crippen LogP contribution in [0, 0.1) is 0 Å². The minimum absolute atomic E-state index is 0.00728. The summed E-state index contributed by atoms with van der Waals surface area (Å²) < 4.78 is 11.7. The van der Waals surface area contributed by atoms with E-state index in [-0.39, 0.29) is 24.7 Å². The molecule has 1 aliphatic rings. The molecule has 2 atom stereocenters. The number of carbonyl (C=O) groups is 2. The second-order valence-corrected chi connectivity index (χ2v) is 6.55. The van der Waals surface area contributed by atoms with Crippen LogP contribution in [0.15, 0.2) is 23.7 Å². The van der Waals surface area contributed by atoms with E-state index in [4.69, 9.17) is 9.47 Å². The Morgan fingerprint density at radius 3 is 2.83 bits per heavy atom. The first-order valence-electron chi connectivity index (χ1n) is 7.46. The van der Waals surface area contributed by atoms with Crippen molar-refractivity contribution in [2.24, 2.45) is 0 Å². The van der Waals surface area contributed by atoms with Crippen molar-refractivity contribution in [3.8, 4) is 0 Å². The zero-order valence-corrected chi connectivity index (χ0v) is 13.8. The van der Waals surface area contributed by atoms with Crippen molar-refractivity contribution in [3.05, 3.63) is 29.3 Å². The van der Waals surface area contributed by atoms with Crippen molar-refractivity contribution in [3.63, 3.8) is 0 Å². The van der Waals surface area contributed by atoms with Crippen LogP contribution in [-0.2, 0) is 14.3 Å². The van der Waals surface area contributed by atoms with Crippen LogP contribution in [-0.4, -0.2) is 53.7 Å². The summed E-state index contributed by atoms with van der Waals surface area (Å²) >= 11 is 1.46. The van der Waals surface area contributed by atoms with E-state index >= 15 is 0 Å². The lowest BCUT2D eigenvalue weighted by Crippen LogP contribution is -2.49. The number of fused-ring (bicyclic) bond motifs is 1. The second-order valence-electron chi connectivity index (χ2n) is 5.67. The maximum Gasteiger partial charge on any atom is 0.338 e. The molecule has 1 fully saturated rings. The minimum Gasteiger partial charge on any atom is -0.452 e. The summed E-state index contributed by atoms with van der Waals surface area (Å²) in [6.07, 6.45) is -0.0146. The van der Waals surface area contributed by atoms with Gasteiger partial charge in [-0.05, 0) is 32.0 Å². The van der Waals surface area contributed by atoms with Crippen LogP contribution in [0.5, 0.6) is 0 Å². The standard InChI is InChI=1S/C16H18N2O4S/c1-10-6-18(7-11(2)22-10)15(19)8-21-16(20)12-3-4-13-14(5-12)23-9-17-13/h3-5,9-11H,6-8H2,1-2H3/t10-,11-/m0/s1. The van der Waals surface area contributed by atoms with Crippen molar-refractivity contribution in [1.29, 1.82) is 0 Å². The summed E-state index contributed by atoms with van der Waals surface area (Å²) in [5.41, 5.74) is 3.00. The lowest BCUT2D eigenvalue weighted by molar-refractivity contribution is -0.146. The van der Waals surface area contributed by atoms with Gasteiger partial charge in [0.2, 0.25) is 0 Å². The summed E-state index contributed by atoms with van der Waals surface area (Å²) in [4.78, 5) is 30.1. The van der Waals surface area contributed by atoms with E-state index < -0.39 is 5.97 Å². The van der Waals surface area contributed by atoms with Gasteiger partial charge in [-0.15, -0.1) is 11.3 Å². The SMILES string of the molecule is C[C@H]1CN(C(=O)COC(=O)c2ccc3ncsc3c2)C[C@H](C)O1. The molecule has 1 aromatic heterocycles. The third kappa shape index (κ3) is 3.68. The van der Waals surface area contributed by atoms with Crippen molar-refractivity contribution >= 4 is 33.4 Å². The molecule has 0 N–H and O–H groups in total. The summed E-state index contributed by atoms with van der Waals surface area (Å²) in [6, 6.07) is 5.17. The van der Waals surface area contributed by atoms with E-state index in [1.807, 2.05) is 13.8 Å². The van der Waals surface area contributed by atoms with Gasteiger partial charge in [-0.25, -0.2) is 9.78 Å². The van der Waals surface area contributed by atoms with E-state index in [1.165, 1.54) is 11.3 Å². The zero-order valence-electron chi connectivity index (χ0n) is 13.0. The van der Waals surface area contributed by atoms with Gasteiger partial charge in [-0.2, -0.15) is 0 Å². The van der Waals surface area contributed by atoms with Gasteiger partial charge in [0.25, 0.3) is 5.91 Å². The van der Waals surface area contributed by atoms with Crippen molar-refractivity contribution in [2.45, 2.75) is 26.1 Å². The molecule has 0 spiro atoms. The number of hydrogen-bond acceptors (Lipinski definition) is 6. The number of morpholine rings is 1. The number of ether oxygens (including phenoxy) is 2. The normalized spacial score (nSPS) is 21.4. The number of thiazole rings is 1. The van der Waals surface area contributed by atoms with Crippen LogP contribution >= 0.6 is 11.3 Å². The molecule has 0 saturated carbocycles. The number of nitrogens with zero attached hydrogens (tertiary/aromatic N) is 2. The zero-order chi connectivity index (χ0) is 16.4. The molecular formula is C16H18N2O4S. The number of aromatic nitrogens is 1. The molecule has 0 aliphatic carbocycles. The number of carbonyl (C=O) groups excluding carboxylic acids is 2. The highest BCUT2D eigenvalue weighted by Crippen LogP contribution is 2.19. The van der Waals surface area contributed by atoms with Crippen molar-refractivity contribution in [1.82, 2.24) is 9.88 Å². The lowest BCUT2D eigenvalue weighted by Gasteiger charge is -2.35. The highest BCUT2D eigenvalue weighted by atomic mass is 32.1. The monoisotopic (exact) mass is 334 g/mol. The van der Waals surface area contributed by atoms with E-state index in [9.17, 15) is 9.59 Å². The average Bonchev–Trinajstić information content (AvgIpc) is 2.98. The average molecular weight is 334 g/mol. The molecule has 6 nitrogen and oxygen atoms in total. The van der Waals surface area contributed by atoms with Gasteiger partial charge in [0.05, 0.1) is 33.5 Å². The number of benzene rings is 1. The summed E-state index contributed by atoms with van der Waals surface area (Å²) in [5.74, 6) is -0.692. The number of hydrogen-bond donors (Lipinski definition) is 0. The van der Waals surface area contributed by atoms with Crippen LogP contribution in [0.4, 0.5) is 0 Å². The van der Waals surface area contributed by atoms with Gasteiger partial charge >= 0.3 is 5.97 Å². The van der Waals surface area contributed by atoms with Gasteiger partial charge in [0, 0.05) is 13.1 Å². The predicted molar refractivity (Wildman–Crippen MR) is 86.5 cm³/mol. The minimum atomic E-state index is -0.497. The maximum absolute atomic E-state index is 12.2. The Balaban J connectivity index is 1.58. The Bertz CT molecular complexity index is 720. The largest absolute Gasteiger partial charge is 0.452 e. The Morgan fingerprint density at radius 2 is 2.09 bits per heavy atom. The van der Waals surface area contributed by atoms with Crippen molar-refractivity contribution < 1.29 is 19.1 Å². The highest BCUT2D eigenvalue weighted by Gasteiger charge is 2.26. The molecule has 0 radical (unpaired) electrons. The summed E-state index contributed by atoms with van der Waals surface area (Å²) in [5, 5.41) is 0. The first-order chi connectivity index (χ1) is 11.0. The molecule has 2 aromatic rings. The molecule has 1 aromatic carbocycles. The third-order valence-electron chi connectivity index (χ3n) is 3.67. The van der Waals surface area contributed by atoms with Gasteiger partial charge in [-0.1, -0.05) is 0 Å². The first-order valence-corrected chi connectivity index (χ1v) is 8.34. The smallest absolute Gasteiger partial charge is 0.338 e. The molecular weight excluding hydrogens is 316 g/mol. The fourth-order valence-electron chi connectivity index (χ4n) is 2.67. The topological polar surface area (TPSA) is 68.7 Å². The summed E-state index contributed by atoms with van der Waals surface area (Å²) in [6.45, 7) is 4.64. The number of esters is 1. The van der Waals surface area contributed by atoms with Gasteiger partial charge < -0.3 is 14.4 Å². The van der Waals surface area contributed by atoms with Crippen LogP contribution in [0.1, 0.15) is 24.2 Å². The van der Waals surface area contributed by atoms with Crippen LogP contribution in [0.25, 0.3) is 10.2 Å². The Labute approximate surface area is 138 Å². The molecule has 1 aliphatic heterocycles. The van der Waals surface area contributed by atoms with Crippen LogP contribution in [0.3, 0.4) is 0 Å². The molecule has 2 heterocycles. The second kappa shape index (κ2) is 6.64. The van der Waals surface area contributed by atoms with Gasteiger partial charge in [-0.3, -0.25) is 4.79 Å². The molecule has 23 heavy (non-hydrogen) atoms. The molecule has 122 valence electrons. The fourth-order valence-corrected chi connectivity index (χ4v) is 3.38. The molecule has 7 heteroatoms. The first kappa shape index (κ1) is 15.9. The molecule has 1 amide bonds. The van der Waals surface area contributed by atoms with Crippen LogP contribution in [0.2, 0.25) is 0 Å². The predicted octanol–water partition coefficient (Wildman–Crippen LogP) is 2.09. The maximum atomic E-state index is 12.2. The third-order valence-corrected chi connectivity index (χ3v) is 4.46. The lowest BCUT2D eigenvalue weighted by atomic mass is 10.2. The fraction of sp³-hybridized carbons (Fsp3) is 0.438. The quantitative estimate of drug-likeness (QED) is 0.804. The Morgan fingerprint density at radius 1 is 1.35 bits per heavy atom. The van der Waals surface area contributed by atoms with E-state index in [2.05, 4.69) is 4.98 Å². The highest BCUT2D eigenvalue weighted by molar-refractivity contribution is 7.16. The van der Waals surface area contributed by atoms with E-state index in [0.717, 1.165) is 10.2 Å². The molecule has 1 saturated heterocycles. The Kier molecular flexibility index (Phi) is 4.58. The number of amides is 1. The van der Waals surface area contributed by atoms with Crippen molar-refractivity contribution in [2.75, 3.05) is 19.7 Å². The Hall–Kier alpha value is -1.99. The van der Waals surface area contributed by atoms with Gasteiger partial charge in [0.15, 0.2) is 6.61 Å². The van der Waals surface area contributed by atoms with E-state index in [0.29, 0.717) is 18.7 Å². The molecule has 0 unspecified atom stereocenters. The number of rotatable bonds is 3. The summed E-state index contributed by atoms with van der Waals surface area (Å²) in [7, 11) is 0. The van der Waals surface area contributed by atoms with Gasteiger partial charge in [0.1, 0.15) is 0 Å².